The number of halogens is 2. The molecule has 0 aliphatic carbocycles. The summed E-state index contributed by atoms with van der Waals surface area (Å²) in [6.45, 7) is 1.89. The van der Waals surface area contributed by atoms with Gasteiger partial charge in [0.2, 0.25) is 0 Å². The molecule has 0 atom stereocenters. The van der Waals surface area contributed by atoms with Crippen molar-refractivity contribution in [3.8, 4) is 11.5 Å². The third-order valence-electron chi connectivity index (χ3n) is 3.23. The van der Waals surface area contributed by atoms with E-state index in [2.05, 4.69) is 17.6 Å². The number of hydrogen-bond donors (Lipinski definition) is 3. The zero-order valence-electron chi connectivity index (χ0n) is 13.3. The Labute approximate surface area is 160 Å². The third kappa shape index (κ3) is 5.77. The van der Waals surface area contributed by atoms with Crippen LogP contribution in [0.1, 0.15) is 12.5 Å². The van der Waals surface area contributed by atoms with Crippen LogP contribution in [0, 0.1) is 0 Å². The molecular formula is C17H16Cl2N2O3S. The van der Waals surface area contributed by atoms with Crippen molar-refractivity contribution in [1.82, 2.24) is 5.32 Å². The molecule has 0 spiro atoms. The average molecular weight is 399 g/mol. The number of phenols is 1. The summed E-state index contributed by atoms with van der Waals surface area (Å²) in [4.78, 5) is 11.9. The van der Waals surface area contributed by atoms with E-state index in [0.29, 0.717) is 11.4 Å². The van der Waals surface area contributed by atoms with Gasteiger partial charge in [0.15, 0.2) is 17.5 Å². The first kappa shape index (κ1) is 19.3. The summed E-state index contributed by atoms with van der Waals surface area (Å²) < 4.78 is 5.40. The van der Waals surface area contributed by atoms with Crippen molar-refractivity contribution < 1.29 is 14.6 Å². The average Bonchev–Trinajstić information content (AvgIpc) is 2.58. The fraction of sp³-hybridized carbons (Fsp3) is 0.176. The summed E-state index contributed by atoms with van der Waals surface area (Å²) in [7, 11) is 0. The fourth-order valence-corrected chi connectivity index (χ4v) is 2.65. The maximum Gasteiger partial charge on any atom is 0.264 e. The molecule has 2 rings (SSSR count). The van der Waals surface area contributed by atoms with Gasteiger partial charge < -0.3 is 15.2 Å². The highest BCUT2D eigenvalue weighted by atomic mass is 35.5. The van der Waals surface area contributed by atoms with Gasteiger partial charge in [0.05, 0.1) is 10.0 Å². The molecule has 8 heteroatoms. The van der Waals surface area contributed by atoms with Gasteiger partial charge in [0.1, 0.15) is 5.75 Å². The zero-order valence-corrected chi connectivity index (χ0v) is 15.6. The number of benzene rings is 2. The van der Waals surface area contributed by atoms with Crippen molar-refractivity contribution in [2.45, 2.75) is 13.3 Å². The SMILES string of the molecule is CCc1ccc(OCC(=O)NC(=S)Nc2cc(Cl)c(O)c(Cl)c2)cc1. The first-order valence-corrected chi connectivity index (χ1v) is 8.56. The van der Waals surface area contributed by atoms with Crippen molar-refractivity contribution >= 4 is 52.1 Å². The lowest BCUT2D eigenvalue weighted by Crippen LogP contribution is -2.37. The van der Waals surface area contributed by atoms with Crippen molar-refractivity contribution in [2.75, 3.05) is 11.9 Å². The number of carbonyl (C=O) groups is 1. The molecule has 0 unspecified atom stereocenters. The predicted octanol–water partition coefficient (Wildman–Crippen LogP) is 4.15. The number of aromatic hydroxyl groups is 1. The van der Waals surface area contributed by atoms with Gasteiger partial charge in [-0.2, -0.15) is 0 Å². The Morgan fingerprint density at radius 3 is 2.36 bits per heavy atom. The Morgan fingerprint density at radius 1 is 1.20 bits per heavy atom. The number of thiocarbonyl (C=S) groups is 1. The van der Waals surface area contributed by atoms with Crippen LogP contribution in [0.25, 0.3) is 0 Å². The standard InChI is InChI=1S/C17H16Cl2N2O3S/c1-2-10-3-5-12(6-4-10)24-9-15(22)21-17(25)20-11-7-13(18)16(23)14(19)8-11/h3-8,23H,2,9H2,1H3,(H2,20,21,22,25). The van der Waals surface area contributed by atoms with Gasteiger partial charge in [-0.3, -0.25) is 10.1 Å². The van der Waals surface area contributed by atoms with E-state index in [1.165, 1.54) is 17.7 Å². The van der Waals surface area contributed by atoms with Crippen LogP contribution in [0.4, 0.5) is 5.69 Å². The molecular weight excluding hydrogens is 383 g/mol. The van der Waals surface area contributed by atoms with Crippen molar-refractivity contribution in [1.29, 1.82) is 0 Å². The van der Waals surface area contributed by atoms with Gasteiger partial charge >= 0.3 is 0 Å². The predicted molar refractivity (Wildman–Crippen MR) is 104 cm³/mol. The van der Waals surface area contributed by atoms with Gasteiger partial charge in [-0.05, 0) is 48.5 Å². The maximum absolute atomic E-state index is 11.9. The molecule has 2 aromatic carbocycles. The van der Waals surface area contributed by atoms with Crippen LogP contribution >= 0.6 is 35.4 Å². The van der Waals surface area contributed by atoms with E-state index in [-0.39, 0.29) is 27.5 Å². The second kappa shape index (κ2) is 8.89. The molecule has 0 bridgehead atoms. The summed E-state index contributed by atoms with van der Waals surface area (Å²) in [6.07, 6.45) is 0.937. The molecule has 0 fully saturated rings. The first-order chi connectivity index (χ1) is 11.9. The Hall–Kier alpha value is -2.02. The van der Waals surface area contributed by atoms with Crippen molar-refractivity contribution in [2.24, 2.45) is 0 Å². The minimum Gasteiger partial charge on any atom is -0.505 e. The van der Waals surface area contributed by atoms with E-state index < -0.39 is 5.91 Å². The highest BCUT2D eigenvalue weighted by molar-refractivity contribution is 7.80. The quantitative estimate of drug-likeness (QED) is 0.521. The van der Waals surface area contributed by atoms with Gasteiger partial charge in [0.25, 0.3) is 5.91 Å². The van der Waals surface area contributed by atoms with Gasteiger partial charge in [-0.15, -0.1) is 0 Å². The number of carbonyl (C=O) groups excluding carboxylic acids is 1. The molecule has 0 aliphatic heterocycles. The second-order valence-corrected chi connectivity index (χ2v) is 6.30. The molecule has 0 saturated carbocycles. The van der Waals surface area contributed by atoms with E-state index in [4.69, 9.17) is 40.2 Å². The maximum atomic E-state index is 11.9. The molecule has 3 N–H and O–H groups in total. The molecule has 132 valence electrons. The third-order valence-corrected chi connectivity index (χ3v) is 4.01. The molecule has 0 saturated heterocycles. The zero-order chi connectivity index (χ0) is 18.4. The molecule has 5 nitrogen and oxygen atoms in total. The largest absolute Gasteiger partial charge is 0.505 e. The Kier molecular flexibility index (Phi) is 6.87. The Balaban J connectivity index is 1.84. The molecule has 0 heterocycles. The van der Waals surface area contributed by atoms with Crippen molar-refractivity contribution in [3.05, 3.63) is 52.0 Å². The lowest BCUT2D eigenvalue weighted by atomic mass is 10.2. The number of ether oxygens (including phenoxy) is 1. The molecule has 0 aliphatic rings. The lowest BCUT2D eigenvalue weighted by Gasteiger charge is -2.11. The smallest absolute Gasteiger partial charge is 0.264 e. The Bertz CT molecular complexity index is 759. The minimum absolute atomic E-state index is 0.0627. The monoisotopic (exact) mass is 398 g/mol. The number of aryl methyl sites for hydroxylation is 1. The van der Waals surface area contributed by atoms with E-state index in [0.717, 1.165) is 6.42 Å². The number of nitrogens with one attached hydrogen (secondary N) is 2. The summed E-state index contributed by atoms with van der Waals surface area (Å²) in [6, 6.07) is 10.4. The summed E-state index contributed by atoms with van der Waals surface area (Å²) in [5.74, 6) is -0.0253. The molecule has 2 aromatic rings. The number of amides is 1. The van der Waals surface area contributed by atoms with E-state index in [1.807, 2.05) is 24.3 Å². The molecule has 0 radical (unpaired) electrons. The van der Waals surface area contributed by atoms with Crippen molar-refractivity contribution in [3.63, 3.8) is 0 Å². The normalized spacial score (nSPS) is 10.2. The number of phenolic OH excluding ortho intramolecular Hbond substituents is 1. The van der Waals surface area contributed by atoms with Crippen LogP contribution < -0.4 is 15.4 Å². The Morgan fingerprint density at radius 2 is 1.80 bits per heavy atom. The molecule has 25 heavy (non-hydrogen) atoms. The van der Waals surface area contributed by atoms with Crippen LogP contribution in [-0.2, 0) is 11.2 Å². The van der Waals surface area contributed by atoms with Crippen LogP contribution in [0.2, 0.25) is 10.0 Å². The summed E-state index contributed by atoms with van der Waals surface area (Å²) in [5, 5.41) is 15.0. The number of rotatable bonds is 5. The minimum atomic E-state index is -0.409. The van der Waals surface area contributed by atoms with Crippen LogP contribution in [-0.4, -0.2) is 22.7 Å². The van der Waals surface area contributed by atoms with E-state index >= 15 is 0 Å². The van der Waals surface area contributed by atoms with Crippen LogP contribution in [0.3, 0.4) is 0 Å². The summed E-state index contributed by atoms with van der Waals surface area (Å²) >= 11 is 16.7. The van der Waals surface area contributed by atoms with E-state index in [9.17, 15) is 9.90 Å². The second-order valence-electron chi connectivity index (χ2n) is 5.08. The molecule has 0 aromatic heterocycles. The van der Waals surface area contributed by atoms with Crippen LogP contribution in [0.5, 0.6) is 11.5 Å². The first-order valence-electron chi connectivity index (χ1n) is 7.39. The highest BCUT2D eigenvalue weighted by Gasteiger charge is 2.10. The number of hydrogen-bond acceptors (Lipinski definition) is 4. The highest BCUT2D eigenvalue weighted by Crippen LogP contribution is 2.34. The summed E-state index contributed by atoms with van der Waals surface area (Å²) in [5.41, 5.74) is 1.63. The van der Waals surface area contributed by atoms with Crippen LogP contribution in [0.15, 0.2) is 36.4 Å². The number of anilines is 1. The van der Waals surface area contributed by atoms with Gasteiger partial charge in [-0.1, -0.05) is 42.3 Å². The topological polar surface area (TPSA) is 70.6 Å². The fourth-order valence-electron chi connectivity index (χ4n) is 1.93. The van der Waals surface area contributed by atoms with E-state index in [1.54, 1.807) is 0 Å². The van der Waals surface area contributed by atoms with Gasteiger partial charge in [-0.25, -0.2) is 0 Å². The molecule has 1 amide bonds. The van der Waals surface area contributed by atoms with Gasteiger partial charge in [0, 0.05) is 5.69 Å². The lowest BCUT2D eigenvalue weighted by molar-refractivity contribution is -0.121.